The summed E-state index contributed by atoms with van der Waals surface area (Å²) in [6, 6.07) is 45.9. The average Bonchev–Trinajstić information content (AvgIpc) is 3.36. The molecule has 1 radical (unpaired) electrons. The molecule has 5 nitrogen and oxygen atoms in total. The zero-order valence-electron chi connectivity index (χ0n) is 20.2. The second-order valence-corrected chi connectivity index (χ2v) is 8.23. The van der Waals surface area contributed by atoms with E-state index in [0.717, 1.165) is 45.0 Å². The maximum Gasteiger partial charge on any atom is 0.188 e. The molecule has 0 aliphatic carbocycles. The maximum atomic E-state index is 4.82. The van der Waals surface area contributed by atoms with Crippen LogP contribution < -0.4 is 0 Å². The van der Waals surface area contributed by atoms with Crippen LogP contribution >= 0.6 is 0 Å². The number of rotatable bonds is 3. The molecule has 0 unspecified atom stereocenters. The second-order valence-electron chi connectivity index (χ2n) is 8.23. The summed E-state index contributed by atoms with van der Waals surface area (Å²) >= 11 is 0. The van der Waals surface area contributed by atoms with Gasteiger partial charge in [-0.05, 0) is 36.0 Å². The van der Waals surface area contributed by atoms with Crippen molar-refractivity contribution in [2.24, 2.45) is 0 Å². The van der Waals surface area contributed by atoms with Crippen LogP contribution in [0.15, 0.2) is 128 Å². The summed E-state index contributed by atoms with van der Waals surface area (Å²) in [4.78, 5) is 18.5. The Morgan fingerprint density at radius 2 is 1.18 bits per heavy atom. The number of imidazole rings is 1. The number of nitrogens with zero attached hydrogens (tertiary/aromatic N) is 5. The van der Waals surface area contributed by atoms with Gasteiger partial charge in [0, 0.05) is 32.0 Å². The monoisotopic (exact) mass is 668 g/mol. The number of hydrogen-bond donors (Lipinski definition) is 0. The third-order valence-corrected chi connectivity index (χ3v) is 5.78. The van der Waals surface area contributed by atoms with Crippen molar-refractivity contribution in [3.8, 4) is 28.3 Å². The van der Waals surface area contributed by atoms with Crippen molar-refractivity contribution in [1.29, 1.82) is 0 Å². The molecule has 0 atom stereocenters. The van der Waals surface area contributed by atoms with Gasteiger partial charge in [-0.25, -0.2) is 9.97 Å². The van der Waals surface area contributed by atoms with E-state index >= 15 is 0 Å². The molecular weight excluding hydrogens is 647 g/mol. The molecule has 4 aromatic carbocycles. The molecule has 0 amide bonds. The van der Waals surface area contributed by atoms with Gasteiger partial charge in [-0.2, -0.15) is 0 Å². The van der Waals surface area contributed by atoms with Gasteiger partial charge in [0.25, 0.3) is 0 Å². The predicted molar refractivity (Wildman–Crippen MR) is 147 cm³/mol. The average molecular weight is 668 g/mol. The van der Waals surface area contributed by atoms with Gasteiger partial charge in [-0.15, -0.1) is 71.8 Å². The molecule has 0 bridgehead atoms. The van der Waals surface area contributed by atoms with Crippen LogP contribution in [0.2, 0.25) is 0 Å². The first-order valence-corrected chi connectivity index (χ1v) is 11.9. The van der Waals surface area contributed by atoms with Crippen LogP contribution in [0.1, 0.15) is 0 Å². The Kier molecular flexibility index (Phi) is 7.74. The van der Waals surface area contributed by atoms with Crippen molar-refractivity contribution in [2.45, 2.75) is 0 Å². The number of pyridine rings is 1. The normalized spacial score (nSPS) is 10.4. The van der Waals surface area contributed by atoms with E-state index in [0.29, 0.717) is 5.65 Å². The van der Waals surface area contributed by atoms with E-state index < -0.39 is 0 Å². The minimum absolute atomic E-state index is 0. The van der Waals surface area contributed by atoms with Crippen LogP contribution in [0.5, 0.6) is 0 Å². The quantitative estimate of drug-likeness (QED) is 0.191. The van der Waals surface area contributed by atoms with Crippen molar-refractivity contribution in [3.05, 3.63) is 140 Å². The maximum absolute atomic E-state index is 4.82. The van der Waals surface area contributed by atoms with Gasteiger partial charge in [0.05, 0.1) is 16.9 Å². The standard InChI is InChI=1S/C21H13N4.C11H8N.Ir/c1-3-9-15(10-4-1)20-24-19-21(25(20)16-11-5-2-6-12-16)23-18-14-8-7-13-17(18)22-19;1-2-6-10(7-3-1)11-8-4-5-9-12-11;/h1-9,11-14H;1-6,8-9H;/q2*-1;. The molecule has 7 aromatic rings. The molecule has 38 heavy (non-hydrogen) atoms. The van der Waals surface area contributed by atoms with E-state index in [1.165, 1.54) is 0 Å². The Morgan fingerprint density at radius 3 is 1.84 bits per heavy atom. The first-order chi connectivity index (χ1) is 18.4. The zero-order valence-corrected chi connectivity index (χ0v) is 22.6. The van der Waals surface area contributed by atoms with E-state index in [4.69, 9.17) is 15.0 Å². The summed E-state index contributed by atoms with van der Waals surface area (Å²) in [5.74, 6) is 0.789. The topological polar surface area (TPSA) is 56.5 Å². The summed E-state index contributed by atoms with van der Waals surface area (Å²) in [5, 5.41) is 0. The number of benzene rings is 4. The van der Waals surface area contributed by atoms with Crippen LogP contribution in [0.3, 0.4) is 0 Å². The summed E-state index contributed by atoms with van der Waals surface area (Å²) in [6.45, 7) is 0. The van der Waals surface area contributed by atoms with Gasteiger partial charge in [-0.3, -0.25) is 4.98 Å². The van der Waals surface area contributed by atoms with Gasteiger partial charge < -0.3 is 9.55 Å². The Labute approximate surface area is 234 Å². The second kappa shape index (κ2) is 11.7. The third-order valence-electron chi connectivity index (χ3n) is 5.78. The van der Waals surface area contributed by atoms with Crippen molar-refractivity contribution < 1.29 is 20.1 Å². The van der Waals surface area contributed by atoms with E-state index in [1.807, 2.05) is 126 Å². The van der Waals surface area contributed by atoms with E-state index in [1.54, 1.807) is 6.20 Å². The van der Waals surface area contributed by atoms with Gasteiger partial charge in [0.2, 0.25) is 0 Å². The Morgan fingerprint density at radius 1 is 0.553 bits per heavy atom. The third kappa shape index (κ3) is 5.28. The predicted octanol–water partition coefficient (Wildman–Crippen LogP) is 6.98. The number of fused-ring (bicyclic) bond motifs is 2. The molecular formula is C32H21IrN5-2. The smallest absolute Gasteiger partial charge is 0.188 e. The summed E-state index contributed by atoms with van der Waals surface area (Å²) in [7, 11) is 0. The summed E-state index contributed by atoms with van der Waals surface area (Å²) < 4.78 is 2.04. The number of aromatic nitrogens is 5. The molecule has 0 aliphatic rings. The molecule has 0 fully saturated rings. The van der Waals surface area contributed by atoms with Crippen molar-refractivity contribution >= 4 is 22.3 Å². The molecule has 3 heterocycles. The molecule has 0 spiro atoms. The van der Waals surface area contributed by atoms with Crippen LogP contribution in [0, 0.1) is 12.1 Å². The van der Waals surface area contributed by atoms with Crippen molar-refractivity contribution in [3.63, 3.8) is 0 Å². The molecule has 3 aromatic heterocycles. The molecule has 7 rings (SSSR count). The molecule has 0 aliphatic heterocycles. The van der Waals surface area contributed by atoms with E-state index in [-0.39, 0.29) is 20.1 Å². The van der Waals surface area contributed by atoms with Crippen molar-refractivity contribution in [2.75, 3.05) is 0 Å². The molecule has 6 heteroatoms. The van der Waals surface area contributed by atoms with Crippen molar-refractivity contribution in [1.82, 2.24) is 24.5 Å². The summed E-state index contributed by atoms with van der Waals surface area (Å²) in [6.07, 6.45) is 1.79. The van der Waals surface area contributed by atoms with Crippen LogP contribution in [-0.2, 0) is 20.1 Å². The van der Waals surface area contributed by atoms with Crippen LogP contribution in [-0.4, -0.2) is 24.5 Å². The Balaban J connectivity index is 0.000000191. The van der Waals surface area contributed by atoms with Crippen LogP contribution in [0.25, 0.3) is 50.7 Å². The fourth-order valence-corrected chi connectivity index (χ4v) is 4.07. The number of hydrogen-bond acceptors (Lipinski definition) is 4. The molecule has 185 valence electrons. The summed E-state index contributed by atoms with van der Waals surface area (Å²) in [5.41, 5.74) is 7.01. The fraction of sp³-hybridized carbons (Fsp3) is 0. The van der Waals surface area contributed by atoms with Crippen LogP contribution in [0.4, 0.5) is 0 Å². The minimum atomic E-state index is 0. The first kappa shape index (κ1) is 25.2. The molecule has 0 saturated heterocycles. The first-order valence-electron chi connectivity index (χ1n) is 11.9. The van der Waals surface area contributed by atoms with E-state index in [9.17, 15) is 0 Å². The van der Waals surface area contributed by atoms with Gasteiger partial charge >= 0.3 is 0 Å². The fourth-order valence-electron chi connectivity index (χ4n) is 4.07. The Bertz CT molecular complexity index is 1720. The molecule has 0 saturated carbocycles. The van der Waals surface area contributed by atoms with Gasteiger partial charge in [0.1, 0.15) is 0 Å². The largest absolute Gasteiger partial charge is 0.316 e. The van der Waals surface area contributed by atoms with E-state index in [2.05, 4.69) is 17.1 Å². The Hall–Kier alpha value is -4.51. The van der Waals surface area contributed by atoms with Gasteiger partial charge in [-0.1, -0.05) is 42.5 Å². The molecule has 0 N–H and O–H groups in total. The minimum Gasteiger partial charge on any atom is -0.316 e. The van der Waals surface area contributed by atoms with Gasteiger partial charge in [0.15, 0.2) is 11.3 Å². The SMILES string of the molecule is [Ir].[c-]1ccccc1-c1ccccn1.[c-]1ccccc1-c1nc2nc3ccccc3nc2n1-c1ccccc1. The number of para-hydroxylation sites is 3. The zero-order chi connectivity index (χ0) is 24.9.